The maximum Gasteiger partial charge on any atom is 0.180 e. The van der Waals surface area contributed by atoms with Crippen LogP contribution in [0.1, 0.15) is 120 Å². The Morgan fingerprint density at radius 1 is 0.500 bits per heavy atom. The number of nitrogens with zero attached hydrogens (tertiary/aromatic N) is 16. The Labute approximate surface area is 250 Å². The van der Waals surface area contributed by atoms with E-state index in [-0.39, 0.29) is 21.7 Å². The molecule has 0 spiro atoms. The SMILES string of the molecule is CCn1nnc(C(C)(C)C)n1.CCn1nnnc1C(C)(C)C.Cn1nnc(C(C)(C)C)n1.Cn1nnnc1C(C)(C)C. The summed E-state index contributed by atoms with van der Waals surface area (Å²) in [7, 11) is 3.61. The van der Waals surface area contributed by atoms with Gasteiger partial charge in [-0.05, 0) is 45.1 Å². The average Bonchev–Trinajstić information content (AvgIpc) is 3.64. The van der Waals surface area contributed by atoms with Gasteiger partial charge in [0.1, 0.15) is 0 Å². The molecule has 0 bridgehead atoms. The predicted molar refractivity (Wildman–Crippen MR) is 159 cm³/mol. The fourth-order valence-corrected chi connectivity index (χ4v) is 3.08. The monoisotopic (exact) mass is 588 g/mol. The van der Waals surface area contributed by atoms with Gasteiger partial charge < -0.3 is 0 Å². The molecule has 4 rings (SSSR count). The summed E-state index contributed by atoms with van der Waals surface area (Å²) in [4.78, 5) is 3.07. The van der Waals surface area contributed by atoms with Crippen molar-refractivity contribution >= 4 is 0 Å². The lowest BCUT2D eigenvalue weighted by atomic mass is 9.96. The zero-order valence-electron chi connectivity index (χ0n) is 28.6. The molecule has 0 unspecified atom stereocenters. The fourth-order valence-electron chi connectivity index (χ4n) is 3.08. The molecular formula is C26H52N16. The van der Waals surface area contributed by atoms with E-state index in [4.69, 9.17) is 0 Å². The van der Waals surface area contributed by atoms with E-state index in [9.17, 15) is 0 Å². The zero-order valence-corrected chi connectivity index (χ0v) is 28.6. The van der Waals surface area contributed by atoms with E-state index in [1.807, 2.05) is 25.6 Å². The maximum absolute atomic E-state index is 4.19. The Morgan fingerprint density at radius 3 is 1.24 bits per heavy atom. The number of aromatic nitrogens is 16. The summed E-state index contributed by atoms with van der Waals surface area (Å²) in [6.07, 6.45) is 0. The highest BCUT2D eigenvalue weighted by molar-refractivity contribution is 4.99. The van der Waals surface area contributed by atoms with Crippen molar-refractivity contribution in [2.75, 3.05) is 0 Å². The third-order valence-electron chi connectivity index (χ3n) is 5.38. The third kappa shape index (κ3) is 11.6. The van der Waals surface area contributed by atoms with Crippen molar-refractivity contribution in [3.63, 3.8) is 0 Å². The van der Waals surface area contributed by atoms with E-state index in [2.05, 4.69) is 145 Å². The van der Waals surface area contributed by atoms with Gasteiger partial charge in [-0.3, -0.25) is 0 Å². The minimum atomic E-state index is 0.00736. The minimum absolute atomic E-state index is 0.00736. The molecule has 0 aromatic carbocycles. The number of hydrogen-bond acceptors (Lipinski definition) is 12. The van der Waals surface area contributed by atoms with Crippen LogP contribution < -0.4 is 0 Å². The Morgan fingerprint density at radius 2 is 0.976 bits per heavy atom. The van der Waals surface area contributed by atoms with Gasteiger partial charge in [0.2, 0.25) is 0 Å². The Bertz CT molecular complexity index is 1320. The molecule has 0 radical (unpaired) electrons. The molecule has 42 heavy (non-hydrogen) atoms. The quantitative estimate of drug-likeness (QED) is 0.335. The highest BCUT2D eigenvalue weighted by atomic mass is 15.6. The van der Waals surface area contributed by atoms with Gasteiger partial charge in [0.05, 0.1) is 13.6 Å². The first-order valence-electron chi connectivity index (χ1n) is 14.1. The van der Waals surface area contributed by atoms with Gasteiger partial charge in [-0.25, -0.2) is 9.36 Å². The molecule has 0 amide bonds. The Kier molecular flexibility index (Phi) is 12.5. The van der Waals surface area contributed by atoms with Crippen LogP contribution in [0, 0.1) is 0 Å². The molecule has 0 aliphatic rings. The molecular weight excluding hydrogens is 536 g/mol. The molecule has 4 heterocycles. The summed E-state index contributed by atoms with van der Waals surface area (Å²) in [6.45, 7) is 30.6. The zero-order chi connectivity index (χ0) is 32.5. The van der Waals surface area contributed by atoms with E-state index in [0.29, 0.717) is 0 Å². The summed E-state index contributed by atoms with van der Waals surface area (Å²) in [5.41, 5.74) is 0.0967. The van der Waals surface area contributed by atoms with Gasteiger partial charge in [0.25, 0.3) is 0 Å². The Hall–Kier alpha value is -3.72. The summed E-state index contributed by atoms with van der Waals surface area (Å²) in [5, 5.41) is 46.3. The first kappa shape index (κ1) is 36.3. The first-order valence-corrected chi connectivity index (χ1v) is 14.1. The van der Waals surface area contributed by atoms with Crippen LogP contribution in [-0.4, -0.2) is 80.8 Å². The molecule has 0 aliphatic carbocycles. The normalized spacial score (nSPS) is 12.0. The van der Waals surface area contributed by atoms with Crippen LogP contribution in [0.3, 0.4) is 0 Å². The van der Waals surface area contributed by atoms with Crippen LogP contribution >= 0.6 is 0 Å². The molecule has 0 atom stereocenters. The lowest BCUT2D eigenvalue weighted by Crippen LogP contribution is -2.19. The van der Waals surface area contributed by atoms with Crippen molar-refractivity contribution in [3.05, 3.63) is 23.3 Å². The largest absolute Gasteiger partial charge is 0.232 e. The lowest BCUT2D eigenvalue weighted by molar-refractivity contribution is 0.483. The van der Waals surface area contributed by atoms with Crippen LogP contribution in [0.25, 0.3) is 0 Å². The van der Waals surface area contributed by atoms with Crippen LogP contribution in [0.4, 0.5) is 0 Å². The van der Waals surface area contributed by atoms with Gasteiger partial charge in [0.15, 0.2) is 23.3 Å². The van der Waals surface area contributed by atoms with E-state index in [1.165, 1.54) is 4.80 Å². The van der Waals surface area contributed by atoms with Crippen LogP contribution in [0.5, 0.6) is 0 Å². The number of tetrazole rings is 4. The van der Waals surface area contributed by atoms with Gasteiger partial charge in [-0.2, -0.15) is 9.59 Å². The van der Waals surface area contributed by atoms with Gasteiger partial charge in [0, 0.05) is 35.3 Å². The molecule has 4 aromatic heterocycles. The van der Waals surface area contributed by atoms with Crippen molar-refractivity contribution in [1.29, 1.82) is 0 Å². The van der Waals surface area contributed by atoms with E-state index >= 15 is 0 Å². The first-order chi connectivity index (χ1) is 19.1. The van der Waals surface area contributed by atoms with Crippen molar-refractivity contribution in [2.45, 2.75) is 132 Å². The molecule has 16 nitrogen and oxygen atoms in total. The highest BCUT2D eigenvalue weighted by Gasteiger charge is 2.22. The molecule has 0 aliphatic heterocycles. The molecule has 0 saturated heterocycles. The smallest absolute Gasteiger partial charge is 0.180 e. The van der Waals surface area contributed by atoms with Gasteiger partial charge in [-0.1, -0.05) is 83.1 Å². The topological polar surface area (TPSA) is 174 Å². The van der Waals surface area contributed by atoms with Crippen molar-refractivity contribution in [2.24, 2.45) is 14.1 Å². The van der Waals surface area contributed by atoms with Gasteiger partial charge >= 0.3 is 0 Å². The molecule has 0 N–H and O–H groups in total. The van der Waals surface area contributed by atoms with Gasteiger partial charge in [-0.15, -0.1) is 30.6 Å². The molecule has 0 saturated carbocycles. The number of aryl methyl sites for hydroxylation is 4. The highest BCUT2D eigenvalue weighted by Crippen LogP contribution is 2.19. The van der Waals surface area contributed by atoms with Crippen molar-refractivity contribution in [1.82, 2.24) is 80.8 Å². The summed E-state index contributed by atoms with van der Waals surface area (Å²) in [6, 6.07) is 0. The van der Waals surface area contributed by atoms with E-state index in [0.717, 1.165) is 36.4 Å². The third-order valence-corrected chi connectivity index (χ3v) is 5.38. The van der Waals surface area contributed by atoms with Crippen molar-refractivity contribution < 1.29 is 0 Å². The summed E-state index contributed by atoms with van der Waals surface area (Å²) >= 11 is 0. The maximum atomic E-state index is 4.19. The summed E-state index contributed by atoms with van der Waals surface area (Å²) < 4.78 is 3.51. The second-order valence-electron chi connectivity index (χ2n) is 13.8. The number of hydrogen-bond donors (Lipinski definition) is 0. The minimum Gasteiger partial charge on any atom is -0.232 e. The molecule has 16 heteroatoms. The predicted octanol–water partition coefficient (Wildman–Crippen LogP) is 3.00. The van der Waals surface area contributed by atoms with Crippen LogP contribution in [0.2, 0.25) is 0 Å². The average molecular weight is 589 g/mol. The second kappa shape index (κ2) is 14.4. The molecule has 236 valence electrons. The number of rotatable bonds is 2. The molecule has 0 fully saturated rings. The fraction of sp³-hybridized carbons (Fsp3) is 0.846. The standard InChI is InChI=1S/2C7H14N4.2C6H12N4/c1-5-11-6(7(2,3)4)8-9-10-11;1-5-11-9-6(8-10-11)7(2,3)4;1-6(2,3)5-7-8-9-10(5)4;1-6(2,3)5-7-9-10(4)8-5/h2*5H2,1-4H3;2*1-4H3. The van der Waals surface area contributed by atoms with Crippen molar-refractivity contribution in [3.8, 4) is 0 Å². The van der Waals surface area contributed by atoms with Crippen LogP contribution in [0.15, 0.2) is 0 Å². The van der Waals surface area contributed by atoms with E-state index < -0.39 is 0 Å². The Balaban J connectivity index is 0.000000280. The summed E-state index contributed by atoms with van der Waals surface area (Å²) in [5.74, 6) is 3.45. The van der Waals surface area contributed by atoms with E-state index in [1.54, 1.807) is 16.5 Å². The second-order valence-corrected chi connectivity index (χ2v) is 13.8. The van der Waals surface area contributed by atoms with Crippen LogP contribution in [-0.2, 0) is 48.8 Å². The molecule has 4 aromatic rings. The lowest BCUT2D eigenvalue weighted by Gasteiger charge is -2.15.